The summed E-state index contributed by atoms with van der Waals surface area (Å²) in [6.45, 7) is 2.21. The summed E-state index contributed by atoms with van der Waals surface area (Å²) in [7, 11) is -1.51. The van der Waals surface area contributed by atoms with Crippen molar-refractivity contribution in [2.24, 2.45) is 10.9 Å². The van der Waals surface area contributed by atoms with Crippen molar-refractivity contribution in [3.05, 3.63) is 30.5 Å². The van der Waals surface area contributed by atoms with Gasteiger partial charge in [0.1, 0.15) is 16.8 Å². The number of hydrogen-bond donors (Lipinski definition) is 5. The van der Waals surface area contributed by atoms with Gasteiger partial charge in [0.25, 0.3) is 0 Å². The zero-order chi connectivity index (χ0) is 19.4. The van der Waals surface area contributed by atoms with Crippen LogP contribution in [0.5, 0.6) is 0 Å². The van der Waals surface area contributed by atoms with Gasteiger partial charge in [-0.05, 0) is 53.4 Å². The number of hydrogen-bond acceptors (Lipinski definition) is 9. The van der Waals surface area contributed by atoms with Gasteiger partial charge in [0.15, 0.2) is 0 Å². The Hall–Kier alpha value is -2.38. The fraction of sp³-hybridized carbons (Fsp3) is 0.200. The third-order valence-electron chi connectivity index (χ3n) is 3.64. The van der Waals surface area contributed by atoms with Gasteiger partial charge in [0, 0.05) is 24.3 Å². The lowest BCUT2D eigenvalue weighted by atomic mass is 10.00. The van der Waals surface area contributed by atoms with Crippen molar-refractivity contribution in [1.82, 2.24) is 30.3 Å². The fourth-order valence-corrected chi connectivity index (χ4v) is 4.36. The van der Waals surface area contributed by atoms with Crippen molar-refractivity contribution in [3.63, 3.8) is 0 Å². The molecule has 0 aliphatic heterocycles. The van der Waals surface area contributed by atoms with Crippen molar-refractivity contribution in [2.75, 3.05) is 12.3 Å². The summed E-state index contributed by atoms with van der Waals surface area (Å²) in [5.74, 6) is 0.708. The van der Waals surface area contributed by atoms with Crippen LogP contribution in [0.3, 0.4) is 0 Å². The number of rotatable bonds is 7. The summed E-state index contributed by atoms with van der Waals surface area (Å²) in [5.41, 5.74) is 13.7. The highest BCUT2D eigenvalue weighted by Crippen LogP contribution is 2.39. The number of nitrogens with one attached hydrogen (secondary N) is 2. The number of anilines is 1. The first-order valence-electron chi connectivity index (χ1n) is 7.91. The van der Waals surface area contributed by atoms with Gasteiger partial charge in [-0.15, -0.1) is 10.2 Å². The SMILES string of the molecule is CC(N)CNS(=O)c1ccc(-c2ccnc(N)c2)c(-c2nn[nH]n2)c1SN. The molecule has 3 aromatic rings. The molecule has 142 valence electrons. The first-order chi connectivity index (χ1) is 13.0. The zero-order valence-electron chi connectivity index (χ0n) is 14.4. The second kappa shape index (κ2) is 8.54. The number of aromatic nitrogens is 5. The van der Waals surface area contributed by atoms with Crippen LogP contribution in [0.2, 0.25) is 0 Å². The largest absolute Gasteiger partial charge is 0.384 e. The number of pyridine rings is 1. The number of nitrogens with zero attached hydrogens (tertiary/aromatic N) is 4. The third-order valence-corrected chi connectivity index (χ3v) is 5.59. The van der Waals surface area contributed by atoms with Crippen LogP contribution in [-0.2, 0) is 11.0 Å². The van der Waals surface area contributed by atoms with Crippen LogP contribution in [-0.4, -0.2) is 42.4 Å². The molecule has 0 amide bonds. The predicted octanol–water partition coefficient (Wildman–Crippen LogP) is 0.436. The van der Waals surface area contributed by atoms with Crippen molar-refractivity contribution in [3.8, 4) is 22.5 Å². The fourth-order valence-electron chi connectivity index (χ4n) is 2.46. The van der Waals surface area contributed by atoms with Crippen LogP contribution >= 0.6 is 11.9 Å². The van der Waals surface area contributed by atoms with Gasteiger partial charge in [-0.2, -0.15) is 5.21 Å². The average Bonchev–Trinajstić information content (AvgIpc) is 3.19. The average molecular weight is 406 g/mol. The van der Waals surface area contributed by atoms with Crippen molar-refractivity contribution in [2.45, 2.75) is 22.8 Å². The van der Waals surface area contributed by atoms with E-state index in [2.05, 4.69) is 30.3 Å². The molecular formula is C15H19N9OS2. The first-order valence-corrected chi connectivity index (χ1v) is 9.94. The standard InChI is InChI=1S/C15H19N9OS2/c1-8(16)7-20-27(25)11-3-2-10(9-4-5-19-12(17)6-9)13(14(11)26-18)15-21-23-24-22-15/h2-6,8,20H,7,16,18H2,1H3,(H2,17,19)(H,21,22,23,24). The molecule has 0 saturated heterocycles. The molecule has 1 aromatic carbocycles. The smallest absolute Gasteiger partial charge is 0.206 e. The molecule has 2 atom stereocenters. The predicted molar refractivity (Wildman–Crippen MR) is 105 cm³/mol. The summed E-state index contributed by atoms with van der Waals surface area (Å²) in [6.07, 6.45) is 1.61. The van der Waals surface area contributed by atoms with Gasteiger partial charge in [-0.3, -0.25) is 5.14 Å². The van der Waals surface area contributed by atoms with Crippen LogP contribution in [0.15, 0.2) is 40.3 Å². The molecule has 0 fully saturated rings. The van der Waals surface area contributed by atoms with E-state index in [1.807, 2.05) is 19.1 Å². The van der Waals surface area contributed by atoms with E-state index in [1.165, 1.54) is 0 Å². The van der Waals surface area contributed by atoms with Gasteiger partial charge in [-0.1, -0.05) is 6.07 Å². The van der Waals surface area contributed by atoms with Crippen molar-refractivity contribution in [1.29, 1.82) is 0 Å². The molecule has 12 heteroatoms. The lowest BCUT2D eigenvalue weighted by Gasteiger charge is -2.16. The van der Waals surface area contributed by atoms with Crippen LogP contribution in [0.1, 0.15) is 6.92 Å². The minimum Gasteiger partial charge on any atom is -0.384 e. The highest BCUT2D eigenvalue weighted by atomic mass is 32.2. The second-order valence-electron chi connectivity index (χ2n) is 5.73. The number of nitrogens with two attached hydrogens (primary N) is 3. The highest BCUT2D eigenvalue weighted by molar-refractivity contribution is 7.97. The minimum absolute atomic E-state index is 0.140. The van der Waals surface area contributed by atoms with Gasteiger partial charge in [0.2, 0.25) is 5.82 Å². The van der Waals surface area contributed by atoms with Crippen LogP contribution in [0.4, 0.5) is 5.82 Å². The summed E-state index contributed by atoms with van der Waals surface area (Å²) >= 11 is 0.963. The maximum Gasteiger partial charge on any atom is 0.206 e. The molecular weight excluding hydrogens is 386 g/mol. The Morgan fingerprint density at radius 3 is 2.81 bits per heavy atom. The maximum absolute atomic E-state index is 12.7. The Balaban J connectivity index is 2.17. The number of aromatic amines is 1. The molecule has 2 heterocycles. The van der Waals surface area contributed by atoms with E-state index in [0.29, 0.717) is 33.5 Å². The number of benzene rings is 1. The molecule has 0 radical (unpaired) electrons. The van der Waals surface area contributed by atoms with E-state index >= 15 is 0 Å². The molecule has 2 aromatic heterocycles. The van der Waals surface area contributed by atoms with E-state index in [9.17, 15) is 4.21 Å². The summed E-state index contributed by atoms with van der Waals surface area (Å²) in [6, 6.07) is 6.97. The van der Waals surface area contributed by atoms with Crippen molar-refractivity contribution >= 4 is 28.8 Å². The quantitative estimate of drug-likeness (QED) is 0.349. The monoisotopic (exact) mass is 405 g/mol. The minimum atomic E-state index is -1.51. The number of nitrogen functional groups attached to an aromatic ring is 1. The zero-order valence-corrected chi connectivity index (χ0v) is 16.0. The van der Waals surface area contributed by atoms with E-state index in [0.717, 1.165) is 23.1 Å². The first kappa shape index (κ1) is 19.4. The van der Waals surface area contributed by atoms with E-state index in [1.54, 1.807) is 18.3 Å². The molecule has 0 bridgehead atoms. The lowest BCUT2D eigenvalue weighted by molar-refractivity contribution is 0.654. The topological polar surface area (TPSA) is 175 Å². The highest BCUT2D eigenvalue weighted by Gasteiger charge is 2.22. The van der Waals surface area contributed by atoms with Crippen LogP contribution in [0.25, 0.3) is 22.5 Å². The van der Waals surface area contributed by atoms with Gasteiger partial charge >= 0.3 is 0 Å². The number of tetrazole rings is 1. The number of H-pyrrole nitrogens is 1. The molecule has 0 saturated carbocycles. The van der Waals surface area contributed by atoms with E-state index in [-0.39, 0.29) is 6.04 Å². The van der Waals surface area contributed by atoms with Gasteiger partial charge in [-0.25, -0.2) is 13.9 Å². The Morgan fingerprint density at radius 1 is 1.37 bits per heavy atom. The van der Waals surface area contributed by atoms with Crippen LogP contribution in [0, 0.1) is 0 Å². The van der Waals surface area contributed by atoms with Crippen LogP contribution < -0.4 is 21.3 Å². The van der Waals surface area contributed by atoms with Gasteiger partial charge < -0.3 is 11.5 Å². The summed E-state index contributed by atoms with van der Waals surface area (Å²) in [4.78, 5) is 5.09. The van der Waals surface area contributed by atoms with E-state index < -0.39 is 11.0 Å². The normalized spacial score (nSPS) is 13.4. The molecule has 2 unspecified atom stereocenters. The molecule has 10 nitrogen and oxygen atoms in total. The Bertz CT molecular complexity index is 946. The molecule has 0 aliphatic rings. The molecule has 0 aliphatic carbocycles. The molecule has 27 heavy (non-hydrogen) atoms. The Morgan fingerprint density at radius 2 is 2.19 bits per heavy atom. The summed E-state index contributed by atoms with van der Waals surface area (Å²) in [5, 5.41) is 20.1. The Kier molecular flexibility index (Phi) is 6.13. The van der Waals surface area contributed by atoms with Crippen molar-refractivity contribution < 1.29 is 4.21 Å². The Labute approximate surface area is 162 Å². The van der Waals surface area contributed by atoms with Gasteiger partial charge in [0.05, 0.1) is 9.79 Å². The third kappa shape index (κ3) is 4.31. The second-order valence-corrected chi connectivity index (χ2v) is 7.64. The molecule has 8 N–H and O–H groups in total. The molecule has 3 rings (SSSR count). The maximum atomic E-state index is 12.7. The molecule has 0 spiro atoms. The van der Waals surface area contributed by atoms with E-state index in [4.69, 9.17) is 16.6 Å². The summed E-state index contributed by atoms with van der Waals surface area (Å²) < 4.78 is 15.6. The lowest BCUT2D eigenvalue weighted by Crippen LogP contribution is -2.32.